The van der Waals surface area contributed by atoms with Crippen LogP contribution in [0.1, 0.15) is 43.2 Å². The molecule has 7 nitrogen and oxygen atoms in total. The molecule has 3 heterocycles. The number of halogens is 1. The van der Waals surface area contributed by atoms with E-state index in [2.05, 4.69) is 10.6 Å². The number of unbranched alkanes of at least 4 members (excludes halogenated alkanes) is 2. The summed E-state index contributed by atoms with van der Waals surface area (Å²) in [4.78, 5) is 43.2. The Morgan fingerprint density at radius 3 is 2.63 bits per heavy atom. The van der Waals surface area contributed by atoms with Gasteiger partial charge in [0.05, 0.1) is 27.3 Å². The third kappa shape index (κ3) is 4.82. The molecule has 3 saturated heterocycles. The van der Waals surface area contributed by atoms with Crippen LogP contribution < -0.4 is 10.6 Å². The second kappa shape index (κ2) is 11.3. The molecule has 3 N–H and O–H groups in total. The molecule has 2 unspecified atom stereocenters. The highest BCUT2D eigenvalue weighted by molar-refractivity contribution is 8.02. The number of aliphatic hydroxyl groups excluding tert-OH is 1. The normalized spacial score (nSPS) is 27.4. The third-order valence-corrected chi connectivity index (χ3v) is 10.5. The molecule has 2 aromatic carbocycles. The van der Waals surface area contributed by atoms with Crippen LogP contribution in [0.4, 0.5) is 5.69 Å². The summed E-state index contributed by atoms with van der Waals surface area (Å²) in [5.74, 6) is -1.49. The number of likely N-dealkylation sites (tertiary alicyclic amines) is 1. The third-order valence-electron chi connectivity index (χ3n) is 8.19. The van der Waals surface area contributed by atoms with Gasteiger partial charge in [0.15, 0.2) is 0 Å². The predicted molar refractivity (Wildman–Crippen MR) is 150 cm³/mol. The van der Waals surface area contributed by atoms with Gasteiger partial charge in [0.1, 0.15) is 6.04 Å². The number of nitrogens with zero attached hydrogens (tertiary/aromatic N) is 1. The lowest BCUT2D eigenvalue weighted by Crippen LogP contribution is -2.52. The van der Waals surface area contributed by atoms with Crippen molar-refractivity contribution >= 4 is 46.8 Å². The van der Waals surface area contributed by atoms with E-state index in [0.717, 1.165) is 24.0 Å². The lowest BCUT2D eigenvalue weighted by atomic mass is 9.70. The van der Waals surface area contributed by atoms with Crippen LogP contribution >= 0.6 is 23.4 Å². The quantitative estimate of drug-likeness (QED) is 0.382. The van der Waals surface area contributed by atoms with Crippen LogP contribution in [0.25, 0.3) is 0 Å². The zero-order chi connectivity index (χ0) is 26.9. The second-order valence-electron chi connectivity index (χ2n) is 10.5. The first-order valence-corrected chi connectivity index (χ1v) is 14.6. The number of hydrogen-bond acceptors (Lipinski definition) is 5. The number of rotatable bonds is 10. The minimum Gasteiger partial charge on any atom is -0.396 e. The molecule has 202 valence electrons. The molecule has 0 aromatic heterocycles. The molecule has 2 aromatic rings. The lowest BCUT2D eigenvalue weighted by Gasteiger charge is -2.34. The van der Waals surface area contributed by atoms with Gasteiger partial charge in [-0.3, -0.25) is 14.4 Å². The van der Waals surface area contributed by atoms with Crippen LogP contribution in [-0.4, -0.2) is 56.9 Å². The largest absolute Gasteiger partial charge is 0.396 e. The Morgan fingerprint density at radius 2 is 1.89 bits per heavy atom. The molecular weight excluding hydrogens is 522 g/mol. The zero-order valence-electron chi connectivity index (χ0n) is 21.5. The van der Waals surface area contributed by atoms with Crippen LogP contribution in [0, 0.1) is 18.8 Å². The lowest BCUT2D eigenvalue weighted by molar-refractivity contribution is -0.139. The van der Waals surface area contributed by atoms with E-state index in [1.165, 1.54) is 0 Å². The zero-order valence-corrected chi connectivity index (χ0v) is 23.1. The van der Waals surface area contributed by atoms with Gasteiger partial charge < -0.3 is 20.6 Å². The highest BCUT2D eigenvalue weighted by Crippen LogP contribution is 2.66. The topological polar surface area (TPSA) is 98.7 Å². The van der Waals surface area contributed by atoms with E-state index >= 15 is 0 Å². The van der Waals surface area contributed by atoms with Gasteiger partial charge in [0, 0.05) is 24.9 Å². The Hall–Kier alpha value is -2.55. The number of aliphatic hydroxyl groups is 1. The number of aryl methyl sites for hydroxylation is 1. The fourth-order valence-corrected chi connectivity index (χ4v) is 8.94. The Kier molecular flexibility index (Phi) is 8.03. The van der Waals surface area contributed by atoms with E-state index in [1.54, 1.807) is 22.7 Å². The molecule has 0 radical (unpaired) electrons. The van der Waals surface area contributed by atoms with Crippen molar-refractivity contribution in [2.45, 2.75) is 61.6 Å². The molecule has 9 heteroatoms. The van der Waals surface area contributed by atoms with Gasteiger partial charge in [-0.25, -0.2) is 0 Å². The van der Waals surface area contributed by atoms with E-state index in [4.69, 9.17) is 11.6 Å². The molecule has 38 heavy (non-hydrogen) atoms. The maximum atomic E-state index is 14.0. The number of benzene rings is 2. The second-order valence-corrected chi connectivity index (χ2v) is 12.5. The summed E-state index contributed by atoms with van der Waals surface area (Å²) in [6.45, 7) is 2.80. The summed E-state index contributed by atoms with van der Waals surface area (Å²) in [6.07, 6.45) is 3.60. The molecule has 3 aliphatic rings. The highest BCUT2D eigenvalue weighted by Gasteiger charge is 2.73. The van der Waals surface area contributed by atoms with Gasteiger partial charge in [-0.15, -0.1) is 11.8 Å². The van der Waals surface area contributed by atoms with E-state index in [1.807, 2.05) is 49.4 Å². The molecule has 1 spiro atoms. The van der Waals surface area contributed by atoms with Crippen LogP contribution in [-0.2, 0) is 20.9 Å². The number of amides is 3. The predicted octanol–water partition coefficient (Wildman–Crippen LogP) is 4.16. The maximum Gasteiger partial charge on any atom is 0.248 e. The van der Waals surface area contributed by atoms with Crippen molar-refractivity contribution in [3.05, 3.63) is 64.7 Å². The molecule has 3 amide bonds. The van der Waals surface area contributed by atoms with Crippen molar-refractivity contribution in [3.63, 3.8) is 0 Å². The van der Waals surface area contributed by atoms with Gasteiger partial charge in [-0.05, 0) is 56.2 Å². The first kappa shape index (κ1) is 27.0. The van der Waals surface area contributed by atoms with Gasteiger partial charge in [0.2, 0.25) is 17.7 Å². The maximum absolute atomic E-state index is 14.0. The Labute approximate surface area is 232 Å². The van der Waals surface area contributed by atoms with E-state index in [9.17, 15) is 19.5 Å². The average molecular weight is 556 g/mol. The SMILES string of the molecule is Cc1cccc(Cl)c1NC(=O)C1N(CCCCCO)C(=O)[C@@H]2[C@@H](C(=O)NCc3ccccc3)[C@H]3CCC12S3. The minimum absolute atomic E-state index is 0.00797. The average Bonchev–Trinajstić information content (AvgIpc) is 3.55. The summed E-state index contributed by atoms with van der Waals surface area (Å²) in [6, 6.07) is 14.5. The Balaban J connectivity index is 1.42. The molecular formula is C29H34ClN3O4S. The van der Waals surface area contributed by atoms with Gasteiger partial charge in [0.25, 0.3) is 0 Å². The monoisotopic (exact) mass is 555 g/mol. The molecule has 0 aliphatic carbocycles. The molecule has 2 bridgehead atoms. The molecule has 3 fully saturated rings. The number of carbonyl (C=O) groups excluding carboxylic acids is 3. The van der Waals surface area contributed by atoms with Crippen molar-refractivity contribution in [1.82, 2.24) is 10.2 Å². The standard InChI is InChI=1S/C29H34ClN3O4S/c1-18-9-8-12-20(30)24(18)32-27(36)25-29-14-13-21(38-29)22(26(35)31-17-19-10-4-2-5-11-19)23(29)28(37)33(25)15-6-3-7-16-34/h2,4-5,8-12,21-23,25,34H,3,6-7,13-17H2,1H3,(H,31,35)(H,32,36)/t21-,22+,23+,25?,29?/m1/s1. The van der Waals surface area contributed by atoms with E-state index in [0.29, 0.717) is 43.1 Å². The van der Waals surface area contributed by atoms with Crippen molar-refractivity contribution in [2.24, 2.45) is 11.8 Å². The summed E-state index contributed by atoms with van der Waals surface area (Å²) >= 11 is 8.08. The molecule has 5 rings (SSSR count). The van der Waals surface area contributed by atoms with Crippen LogP contribution in [0.3, 0.4) is 0 Å². The number of thioether (sulfide) groups is 1. The Bertz CT molecular complexity index is 1190. The number of anilines is 1. The van der Waals surface area contributed by atoms with Crippen LogP contribution in [0.2, 0.25) is 5.02 Å². The summed E-state index contributed by atoms with van der Waals surface area (Å²) < 4.78 is -0.646. The number of nitrogens with one attached hydrogen (secondary N) is 2. The first-order valence-electron chi connectivity index (χ1n) is 13.3. The summed E-state index contributed by atoms with van der Waals surface area (Å²) in [5, 5.41) is 15.8. The number of para-hydroxylation sites is 1. The van der Waals surface area contributed by atoms with E-state index in [-0.39, 0.29) is 29.6 Å². The first-order chi connectivity index (χ1) is 18.4. The van der Waals surface area contributed by atoms with Gasteiger partial charge in [-0.2, -0.15) is 0 Å². The van der Waals surface area contributed by atoms with Gasteiger partial charge >= 0.3 is 0 Å². The van der Waals surface area contributed by atoms with Crippen LogP contribution in [0.15, 0.2) is 48.5 Å². The van der Waals surface area contributed by atoms with Crippen molar-refractivity contribution in [1.29, 1.82) is 0 Å². The molecule has 3 aliphatic heterocycles. The summed E-state index contributed by atoms with van der Waals surface area (Å²) in [5.41, 5.74) is 2.41. The van der Waals surface area contributed by atoms with Crippen molar-refractivity contribution in [3.8, 4) is 0 Å². The number of hydrogen-bond donors (Lipinski definition) is 3. The summed E-state index contributed by atoms with van der Waals surface area (Å²) in [7, 11) is 0. The van der Waals surface area contributed by atoms with Gasteiger partial charge in [-0.1, -0.05) is 54.1 Å². The highest BCUT2D eigenvalue weighted by atomic mass is 35.5. The van der Waals surface area contributed by atoms with Crippen molar-refractivity contribution < 1.29 is 19.5 Å². The Morgan fingerprint density at radius 1 is 1.11 bits per heavy atom. The molecule has 0 saturated carbocycles. The fraction of sp³-hybridized carbons (Fsp3) is 0.483. The van der Waals surface area contributed by atoms with Crippen molar-refractivity contribution in [2.75, 3.05) is 18.5 Å². The molecule has 5 atom stereocenters. The number of carbonyl (C=O) groups is 3. The van der Waals surface area contributed by atoms with Crippen LogP contribution in [0.5, 0.6) is 0 Å². The number of fused-ring (bicyclic) bond motifs is 1. The van der Waals surface area contributed by atoms with E-state index < -0.39 is 22.6 Å². The smallest absolute Gasteiger partial charge is 0.248 e. The minimum atomic E-state index is -0.688. The fourth-order valence-electron chi connectivity index (χ4n) is 6.45.